The van der Waals surface area contributed by atoms with Crippen molar-refractivity contribution in [1.29, 1.82) is 0 Å². The van der Waals surface area contributed by atoms with E-state index < -0.39 is 17.6 Å². The van der Waals surface area contributed by atoms with Gasteiger partial charge in [-0.3, -0.25) is 4.79 Å². The fourth-order valence-corrected chi connectivity index (χ4v) is 2.64. The fourth-order valence-electron chi connectivity index (χ4n) is 2.64. The van der Waals surface area contributed by atoms with Gasteiger partial charge < -0.3 is 15.7 Å². The van der Waals surface area contributed by atoms with E-state index in [0.29, 0.717) is 18.5 Å². The van der Waals surface area contributed by atoms with Crippen LogP contribution < -0.4 is 5.73 Å². The largest absolute Gasteiger partial charge is 0.480 e. The van der Waals surface area contributed by atoms with Gasteiger partial charge in [0.15, 0.2) is 0 Å². The summed E-state index contributed by atoms with van der Waals surface area (Å²) >= 11 is 0. The average molecular weight is 276 g/mol. The van der Waals surface area contributed by atoms with Gasteiger partial charge in [-0.25, -0.2) is 4.79 Å². The summed E-state index contributed by atoms with van der Waals surface area (Å²) in [4.78, 5) is 25.4. The number of benzene rings is 1. The molecule has 1 aromatic carbocycles. The number of aliphatic carboxylic acids is 1. The van der Waals surface area contributed by atoms with Crippen LogP contribution in [0, 0.1) is 0 Å². The third kappa shape index (κ3) is 2.67. The van der Waals surface area contributed by atoms with Gasteiger partial charge in [-0.15, -0.1) is 0 Å². The number of nitrogens with zero attached hydrogens (tertiary/aromatic N) is 1. The zero-order valence-corrected chi connectivity index (χ0v) is 11.6. The van der Waals surface area contributed by atoms with Crippen LogP contribution in [0.1, 0.15) is 31.7 Å². The van der Waals surface area contributed by atoms with E-state index >= 15 is 0 Å². The van der Waals surface area contributed by atoms with Crippen LogP contribution in [0.2, 0.25) is 0 Å². The van der Waals surface area contributed by atoms with Crippen molar-refractivity contribution in [2.45, 2.75) is 37.8 Å². The average Bonchev–Trinajstić information content (AvgIpc) is 2.47. The maximum absolute atomic E-state index is 12.7. The summed E-state index contributed by atoms with van der Waals surface area (Å²) in [6.45, 7) is 2.09. The summed E-state index contributed by atoms with van der Waals surface area (Å²) in [5.41, 5.74) is 5.68. The normalized spacial score (nSPS) is 22.1. The molecule has 1 aliphatic heterocycles. The van der Waals surface area contributed by atoms with Crippen molar-refractivity contribution in [3.63, 3.8) is 0 Å². The van der Waals surface area contributed by atoms with Gasteiger partial charge in [-0.1, -0.05) is 30.3 Å². The van der Waals surface area contributed by atoms with Crippen LogP contribution >= 0.6 is 0 Å². The summed E-state index contributed by atoms with van der Waals surface area (Å²) in [7, 11) is 0. The number of carbonyl (C=O) groups is 2. The SMILES string of the molecule is CC(N)(C(=O)N1CCCC[C@H]1C(=O)O)c1ccccc1. The van der Waals surface area contributed by atoms with Crippen molar-refractivity contribution >= 4 is 11.9 Å². The molecule has 1 amide bonds. The van der Waals surface area contributed by atoms with Gasteiger partial charge in [0.05, 0.1) is 0 Å². The van der Waals surface area contributed by atoms with Crippen LogP contribution in [0.4, 0.5) is 0 Å². The van der Waals surface area contributed by atoms with Crippen molar-refractivity contribution in [1.82, 2.24) is 4.90 Å². The quantitative estimate of drug-likeness (QED) is 0.872. The first-order chi connectivity index (χ1) is 9.44. The molecule has 1 unspecified atom stereocenters. The number of carboxylic acid groups (broad SMARTS) is 1. The van der Waals surface area contributed by atoms with Crippen molar-refractivity contribution < 1.29 is 14.7 Å². The van der Waals surface area contributed by atoms with Gasteiger partial charge in [0, 0.05) is 6.54 Å². The second-order valence-electron chi connectivity index (χ2n) is 5.42. The van der Waals surface area contributed by atoms with E-state index in [1.807, 2.05) is 18.2 Å². The number of nitrogens with two attached hydrogens (primary N) is 1. The Labute approximate surface area is 118 Å². The lowest BCUT2D eigenvalue weighted by Gasteiger charge is -2.38. The van der Waals surface area contributed by atoms with E-state index in [1.54, 1.807) is 19.1 Å². The first kappa shape index (κ1) is 14.5. The predicted molar refractivity (Wildman–Crippen MR) is 75.0 cm³/mol. The van der Waals surface area contributed by atoms with Gasteiger partial charge in [0.2, 0.25) is 5.91 Å². The number of hydrogen-bond acceptors (Lipinski definition) is 3. The molecule has 2 atom stereocenters. The number of likely N-dealkylation sites (tertiary alicyclic amines) is 1. The second kappa shape index (κ2) is 5.63. The van der Waals surface area contributed by atoms with Gasteiger partial charge in [-0.05, 0) is 31.7 Å². The van der Waals surface area contributed by atoms with Crippen LogP contribution in [-0.2, 0) is 15.1 Å². The molecule has 0 spiro atoms. The molecule has 0 aliphatic carbocycles. The Balaban J connectivity index is 2.27. The van der Waals surface area contributed by atoms with Gasteiger partial charge in [0.1, 0.15) is 11.6 Å². The van der Waals surface area contributed by atoms with Crippen LogP contribution in [0.25, 0.3) is 0 Å². The Morgan fingerprint density at radius 2 is 1.95 bits per heavy atom. The highest BCUT2D eigenvalue weighted by Crippen LogP contribution is 2.25. The molecular formula is C15H20N2O3. The fraction of sp³-hybridized carbons (Fsp3) is 0.467. The number of hydrogen-bond donors (Lipinski definition) is 2. The zero-order valence-electron chi connectivity index (χ0n) is 11.6. The monoisotopic (exact) mass is 276 g/mol. The molecule has 2 rings (SSSR count). The first-order valence-electron chi connectivity index (χ1n) is 6.83. The molecule has 1 saturated heterocycles. The lowest BCUT2D eigenvalue weighted by Crippen LogP contribution is -2.57. The highest BCUT2D eigenvalue weighted by molar-refractivity contribution is 5.90. The number of amides is 1. The van der Waals surface area contributed by atoms with E-state index in [1.165, 1.54) is 4.90 Å². The Hall–Kier alpha value is -1.88. The standard InChI is InChI=1S/C15H20N2O3/c1-15(16,11-7-3-2-4-8-11)14(20)17-10-6-5-9-12(17)13(18)19/h2-4,7-8,12H,5-6,9-10,16H2,1H3,(H,18,19)/t12-,15?/m0/s1. The van der Waals surface area contributed by atoms with Crippen LogP contribution in [0.5, 0.6) is 0 Å². The molecule has 0 bridgehead atoms. The Bertz CT molecular complexity index is 499. The van der Waals surface area contributed by atoms with Gasteiger partial charge in [0.25, 0.3) is 0 Å². The number of carboxylic acids is 1. The lowest BCUT2D eigenvalue weighted by atomic mass is 9.89. The molecule has 0 radical (unpaired) electrons. The molecule has 5 heteroatoms. The lowest BCUT2D eigenvalue weighted by molar-refractivity contribution is -0.154. The third-order valence-corrected chi connectivity index (χ3v) is 3.87. The van der Waals surface area contributed by atoms with Crippen molar-refractivity contribution in [3.05, 3.63) is 35.9 Å². The summed E-state index contributed by atoms with van der Waals surface area (Å²) in [6.07, 6.45) is 2.14. The Morgan fingerprint density at radius 3 is 2.55 bits per heavy atom. The molecule has 1 aliphatic rings. The van der Waals surface area contributed by atoms with E-state index in [4.69, 9.17) is 5.73 Å². The molecule has 0 aromatic heterocycles. The van der Waals surface area contributed by atoms with Crippen LogP contribution in [0.3, 0.4) is 0 Å². The topological polar surface area (TPSA) is 83.6 Å². The van der Waals surface area contributed by atoms with E-state index in [0.717, 1.165) is 12.8 Å². The molecule has 1 aromatic rings. The van der Waals surface area contributed by atoms with Crippen molar-refractivity contribution in [2.24, 2.45) is 5.73 Å². The number of carbonyl (C=O) groups excluding carboxylic acids is 1. The highest BCUT2D eigenvalue weighted by atomic mass is 16.4. The Morgan fingerprint density at radius 1 is 1.30 bits per heavy atom. The maximum Gasteiger partial charge on any atom is 0.326 e. The Kier molecular flexibility index (Phi) is 4.09. The summed E-state index contributed by atoms with van der Waals surface area (Å²) in [5, 5.41) is 9.26. The molecule has 3 N–H and O–H groups in total. The smallest absolute Gasteiger partial charge is 0.326 e. The number of piperidine rings is 1. The maximum atomic E-state index is 12.7. The molecule has 1 heterocycles. The summed E-state index contributed by atoms with van der Waals surface area (Å²) in [6, 6.07) is 8.31. The third-order valence-electron chi connectivity index (χ3n) is 3.87. The minimum atomic E-state index is -1.20. The van der Waals surface area contributed by atoms with E-state index in [9.17, 15) is 14.7 Å². The van der Waals surface area contributed by atoms with Gasteiger partial charge >= 0.3 is 5.97 Å². The summed E-state index contributed by atoms with van der Waals surface area (Å²) in [5.74, 6) is -1.28. The molecule has 20 heavy (non-hydrogen) atoms. The number of rotatable bonds is 3. The first-order valence-corrected chi connectivity index (χ1v) is 6.83. The minimum Gasteiger partial charge on any atom is -0.480 e. The zero-order chi connectivity index (χ0) is 14.8. The predicted octanol–water partition coefficient (Wildman–Crippen LogP) is 1.33. The van der Waals surface area contributed by atoms with E-state index in [2.05, 4.69) is 0 Å². The van der Waals surface area contributed by atoms with Crippen LogP contribution in [0.15, 0.2) is 30.3 Å². The van der Waals surface area contributed by atoms with Crippen molar-refractivity contribution in [3.8, 4) is 0 Å². The molecule has 0 saturated carbocycles. The van der Waals surface area contributed by atoms with Crippen molar-refractivity contribution in [2.75, 3.05) is 6.54 Å². The molecular weight excluding hydrogens is 256 g/mol. The van der Waals surface area contributed by atoms with E-state index in [-0.39, 0.29) is 5.91 Å². The summed E-state index contributed by atoms with van der Waals surface area (Å²) < 4.78 is 0. The minimum absolute atomic E-state index is 0.323. The van der Waals surface area contributed by atoms with Crippen LogP contribution in [-0.4, -0.2) is 34.5 Å². The second-order valence-corrected chi connectivity index (χ2v) is 5.42. The highest BCUT2D eigenvalue weighted by Gasteiger charge is 2.40. The molecule has 1 fully saturated rings. The molecule has 5 nitrogen and oxygen atoms in total. The van der Waals surface area contributed by atoms with Gasteiger partial charge in [-0.2, -0.15) is 0 Å². The molecule has 108 valence electrons.